The first-order chi connectivity index (χ1) is 13.2. The summed E-state index contributed by atoms with van der Waals surface area (Å²) < 4.78 is 24.9. The molecule has 0 amide bonds. The van der Waals surface area contributed by atoms with Crippen LogP contribution >= 0.6 is 24.8 Å². The topological polar surface area (TPSA) is 50.5 Å². The molecular formula is C21H24Cl2FN3O2. The molecule has 1 unspecified atom stereocenters. The number of benzene rings is 2. The lowest BCUT2D eigenvalue weighted by Crippen LogP contribution is -2.45. The minimum Gasteiger partial charge on any atom is -0.496 e. The lowest BCUT2D eigenvalue weighted by atomic mass is 10.0. The zero-order valence-corrected chi connectivity index (χ0v) is 17.6. The second-order valence-corrected chi connectivity index (χ2v) is 6.56. The lowest BCUT2D eigenvalue weighted by Gasteiger charge is -2.36. The summed E-state index contributed by atoms with van der Waals surface area (Å²) in [5, 5.41) is 3.45. The van der Waals surface area contributed by atoms with Crippen LogP contribution in [0, 0.1) is 5.82 Å². The van der Waals surface area contributed by atoms with E-state index >= 15 is 0 Å². The molecule has 0 saturated carbocycles. The average molecular weight is 440 g/mol. The normalized spacial score (nSPS) is 16.6. The number of halogens is 3. The molecule has 2 aromatic carbocycles. The number of rotatable bonds is 5. The van der Waals surface area contributed by atoms with E-state index in [9.17, 15) is 4.39 Å². The van der Waals surface area contributed by atoms with E-state index in [1.807, 2.05) is 24.3 Å². The van der Waals surface area contributed by atoms with Crippen molar-refractivity contribution in [1.29, 1.82) is 0 Å². The number of nitrogens with one attached hydrogen (secondary N) is 1. The Balaban J connectivity index is 0.00000150. The summed E-state index contributed by atoms with van der Waals surface area (Å²) in [7, 11) is 1.69. The van der Waals surface area contributed by atoms with Crippen LogP contribution in [0.3, 0.4) is 0 Å². The third-order valence-corrected chi connectivity index (χ3v) is 4.85. The Morgan fingerprint density at radius 1 is 1.21 bits per heavy atom. The second kappa shape index (κ2) is 10.6. The number of methoxy groups -OCH3 is 1. The van der Waals surface area contributed by atoms with Gasteiger partial charge in [-0.25, -0.2) is 9.37 Å². The van der Waals surface area contributed by atoms with E-state index in [1.54, 1.807) is 19.4 Å². The van der Waals surface area contributed by atoms with Crippen molar-refractivity contribution in [3.05, 3.63) is 72.0 Å². The van der Waals surface area contributed by atoms with E-state index in [0.29, 0.717) is 23.8 Å². The predicted molar refractivity (Wildman–Crippen MR) is 115 cm³/mol. The fraction of sp³-hybridized carbons (Fsp3) is 0.286. The van der Waals surface area contributed by atoms with E-state index in [-0.39, 0.29) is 36.7 Å². The van der Waals surface area contributed by atoms with Gasteiger partial charge in [0.15, 0.2) is 5.76 Å². The highest BCUT2D eigenvalue weighted by Crippen LogP contribution is 2.31. The van der Waals surface area contributed by atoms with Gasteiger partial charge in [0.25, 0.3) is 0 Å². The smallest absolute Gasteiger partial charge is 0.209 e. The minimum absolute atomic E-state index is 0. The third kappa shape index (κ3) is 5.28. The summed E-state index contributed by atoms with van der Waals surface area (Å²) in [6.45, 7) is 3.20. The lowest BCUT2D eigenvalue weighted by molar-refractivity contribution is 0.138. The van der Waals surface area contributed by atoms with Crippen LogP contribution in [0.25, 0.3) is 11.3 Å². The molecule has 2 heterocycles. The number of nitrogens with zero attached hydrogens (tertiary/aromatic N) is 2. The number of piperazine rings is 1. The molecule has 1 saturated heterocycles. The number of ether oxygens (including phenoxy) is 1. The molecule has 3 aromatic rings. The molecule has 0 bridgehead atoms. The average Bonchev–Trinajstić information content (AvgIpc) is 3.17. The molecule has 8 heteroatoms. The van der Waals surface area contributed by atoms with E-state index in [1.165, 1.54) is 12.1 Å². The van der Waals surface area contributed by atoms with E-state index in [2.05, 4.69) is 21.3 Å². The first-order valence-corrected chi connectivity index (χ1v) is 9.03. The maximum absolute atomic E-state index is 13.5. The number of oxazole rings is 1. The van der Waals surface area contributed by atoms with Crippen molar-refractivity contribution in [1.82, 2.24) is 15.2 Å². The fourth-order valence-electron chi connectivity index (χ4n) is 3.52. The van der Waals surface area contributed by atoms with Crippen molar-refractivity contribution < 1.29 is 13.5 Å². The molecule has 156 valence electrons. The van der Waals surface area contributed by atoms with E-state index in [0.717, 1.165) is 30.9 Å². The Hall–Kier alpha value is -2.12. The van der Waals surface area contributed by atoms with Crippen LogP contribution in [0.1, 0.15) is 17.5 Å². The first-order valence-electron chi connectivity index (χ1n) is 9.03. The largest absolute Gasteiger partial charge is 0.496 e. The van der Waals surface area contributed by atoms with Crippen LogP contribution in [-0.2, 0) is 6.54 Å². The van der Waals surface area contributed by atoms with Gasteiger partial charge < -0.3 is 14.5 Å². The van der Waals surface area contributed by atoms with Crippen LogP contribution in [0.5, 0.6) is 5.75 Å². The summed E-state index contributed by atoms with van der Waals surface area (Å²) in [6, 6.07) is 14.6. The highest BCUT2D eigenvalue weighted by atomic mass is 35.5. The number of aromatic nitrogens is 1. The molecule has 0 aliphatic carbocycles. The van der Waals surface area contributed by atoms with Crippen LogP contribution < -0.4 is 10.1 Å². The van der Waals surface area contributed by atoms with E-state index in [4.69, 9.17) is 9.15 Å². The molecule has 5 nitrogen and oxygen atoms in total. The maximum atomic E-state index is 13.5. The third-order valence-electron chi connectivity index (χ3n) is 4.85. The van der Waals surface area contributed by atoms with Crippen molar-refractivity contribution in [3.63, 3.8) is 0 Å². The molecule has 1 atom stereocenters. The molecule has 1 aliphatic heterocycles. The predicted octanol–water partition coefficient (Wildman–Crippen LogP) is 4.48. The van der Waals surface area contributed by atoms with Crippen molar-refractivity contribution in [2.24, 2.45) is 0 Å². The highest BCUT2D eigenvalue weighted by Gasteiger charge is 2.27. The van der Waals surface area contributed by atoms with Crippen LogP contribution in [0.4, 0.5) is 4.39 Å². The minimum atomic E-state index is -0.288. The van der Waals surface area contributed by atoms with E-state index < -0.39 is 0 Å². The molecule has 1 aliphatic rings. The summed E-state index contributed by atoms with van der Waals surface area (Å²) >= 11 is 0. The van der Waals surface area contributed by atoms with Gasteiger partial charge in [-0.3, -0.25) is 4.90 Å². The zero-order valence-electron chi connectivity index (χ0n) is 16.0. The first kappa shape index (κ1) is 23.2. The Morgan fingerprint density at radius 2 is 2.03 bits per heavy atom. The van der Waals surface area contributed by atoms with Gasteiger partial charge in [-0.15, -0.1) is 24.8 Å². The summed E-state index contributed by atoms with van der Waals surface area (Å²) in [5.41, 5.74) is 1.83. The monoisotopic (exact) mass is 439 g/mol. The molecular weight excluding hydrogens is 416 g/mol. The number of para-hydroxylation sites is 1. The van der Waals surface area contributed by atoms with Crippen molar-refractivity contribution in [3.8, 4) is 17.1 Å². The maximum Gasteiger partial charge on any atom is 0.209 e. The van der Waals surface area contributed by atoms with Gasteiger partial charge in [0, 0.05) is 30.8 Å². The number of hydrogen-bond acceptors (Lipinski definition) is 5. The second-order valence-electron chi connectivity index (χ2n) is 6.56. The van der Waals surface area contributed by atoms with Gasteiger partial charge in [0.1, 0.15) is 11.6 Å². The van der Waals surface area contributed by atoms with Gasteiger partial charge in [-0.2, -0.15) is 0 Å². The summed E-state index contributed by atoms with van der Waals surface area (Å²) in [5.74, 6) is 1.79. The Labute approximate surface area is 182 Å². The molecule has 1 aromatic heterocycles. The number of hydrogen-bond donors (Lipinski definition) is 1. The van der Waals surface area contributed by atoms with Gasteiger partial charge in [-0.05, 0) is 18.2 Å². The zero-order chi connectivity index (χ0) is 18.6. The molecule has 0 spiro atoms. The summed E-state index contributed by atoms with van der Waals surface area (Å²) in [6.07, 6.45) is 1.66. The van der Waals surface area contributed by atoms with Crippen molar-refractivity contribution >= 4 is 24.8 Å². The molecule has 1 N–H and O–H groups in total. The molecule has 1 fully saturated rings. The highest BCUT2D eigenvalue weighted by molar-refractivity contribution is 5.85. The van der Waals surface area contributed by atoms with Gasteiger partial charge >= 0.3 is 0 Å². The van der Waals surface area contributed by atoms with Crippen LogP contribution in [0.2, 0.25) is 0 Å². The Kier molecular flexibility index (Phi) is 8.46. The van der Waals surface area contributed by atoms with Gasteiger partial charge in [0.2, 0.25) is 5.89 Å². The van der Waals surface area contributed by atoms with Gasteiger partial charge in [0.05, 0.1) is 25.9 Å². The molecule has 4 rings (SSSR count). The van der Waals surface area contributed by atoms with Crippen LogP contribution in [-0.4, -0.2) is 36.6 Å². The Bertz CT molecular complexity index is 922. The quantitative estimate of drug-likeness (QED) is 0.634. The Morgan fingerprint density at radius 3 is 2.83 bits per heavy atom. The fourth-order valence-corrected chi connectivity index (χ4v) is 3.52. The molecule has 0 radical (unpaired) electrons. The molecule has 29 heavy (non-hydrogen) atoms. The standard InChI is InChI=1S/C21H22FN3O2.2ClH/c1-26-19-8-3-2-7-17(19)18-12-23-9-10-25(18)14-21-24-13-20(27-21)15-5-4-6-16(22)11-15;;/h2-8,11,13,18,23H,9-10,12,14H2,1H3;2*1H. The van der Waals surface area contributed by atoms with Gasteiger partial charge in [-0.1, -0.05) is 30.3 Å². The van der Waals surface area contributed by atoms with Crippen LogP contribution in [0.15, 0.2) is 59.1 Å². The summed E-state index contributed by atoms with van der Waals surface area (Å²) in [4.78, 5) is 6.73. The van der Waals surface area contributed by atoms with Crippen molar-refractivity contribution in [2.45, 2.75) is 12.6 Å². The SMILES string of the molecule is COc1ccccc1C1CNCCN1Cc1ncc(-c2cccc(F)c2)o1.Cl.Cl. The van der Waals surface area contributed by atoms with Crippen molar-refractivity contribution in [2.75, 3.05) is 26.7 Å².